The van der Waals surface area contributed by atoms with Gasteiger partial charge in [-0.15, -0.1) is 0 Å². The Labute approximate surface area is 133 Å². The lowest BCUT2D eigenvalue weighted by molar-refractivity contribution is 0.469. The molecular weight excluding hydrogens is 328 g/mol. The van der Waals surface area contributed by atoms with Crippen molar-refractivity contribution in [2.75, 3.05) is 23.3 Å². The van der Waals surface area contributed by atoms with Crippen molar-refractivity contribution in [1.29, 1.82) is 0 Å². The molecule has 2 aromatic carbocycles. The summed E-state index contributed by atoms with van der Waals surface area (Å²) in [5.41, 5.74) is 3.27. The van der Waals surface area contributed by atoms with Crippen LogP contribution < -0.4 is 10.2 Å². The number of hydrogen-bond donors (Lipinski definition) is 2. The molecule has 1 aliphatic heterocycles. The van der Waals surface area contributed by atoms with Crippen molar-refractivity contribution in [2.45, 2.75) is 19.4 Å². The Balaban J connectivity index is 1.77. The van der Waals surface area contributed by atoms with Gasteiger partial charge in [-0.1, -0.05) is 28.1 Å². The standard InChI is InChI=1S/C17H19BrN2O/c18-14-7-8-17(21)13(11-14)12-19-15-5-1-2-6-16(15)20-9-3-4-10-20/h1-2,5-8,11,19,21H,3-4,9-10,12H2. The largest absolute Gasteiger partial charge is 0.508 e. The van der Waals surface area contributed by atoms with Crippen LogP contribution in [0.1, 0.15) is 18.4 Å². The molecule has 0 atom stereocenters. The Morgan fingerprint density at radius 1 is 1.10 bits per heavy atom. The molecule has 110 valence electrons. The number of hydrogen-bond acceptors (Lipinski definition) is 3. The molecule has 2 N–H and O–H groups in total. The molecule has 0 aromatic heterocycles. The van der Waals surface area contributed by atoms with Crippen molar-refractivity contribution in [3.63, 3.8) is 0 Å². The first kappa shape index (κ1) is 14.3. The highest BCUT2D eigenvalue weighted by molar-refractivity contribution is 9.10. The van der Waals surface area contributed by atoms with E-state index in [1.54, 1.807) is 6.07 Å². The second-order valence-corrected chi connectivity index (χ2v) is 6.25. The number of anilines is 2. The van der Waals surface area contributed by atoms with E-state index >= 15 is 0 Å². The van der Waals surface area contributed by atoms with Gasteiger partial charge < -0.3 is 15.3 Å². The van der Waals surface area contributed by atoms with Crippen molar-refractivity contribution in [3.05, 3.63) is 52.5 Å². The summed E-state index contributed by atoms with van der Waals surface area (Å²) < 4.78 is 0.977. The topological polar surface area (TPSA) is 35.5 Å². The van der Waals surface area contributed by atoms with Gasteiger partial charge in [0.2, 0.25) is 0 Å². The number of nitrogens with one attached hydrogen (secondary N) is 1. The molecule has 0 unspecified atom stereocenters. The summed E-state index contributed by atoms with van der Waals surface area (Å²) in [5.74, 6) is 0.323. The fourth-order valence-corrected chi connectivity index (χ4v) is 3.15. The smallest absolute Gasteiger partial charge is 0.120 e. The third-order valence-corrected chi connectivity index (χ3v) is 4.35. The summed E-state index contributed by atoms with van der Waals surface area (Å²) in [6, 6.07) is 13.9. The fourth-order valence-electron chi connectivity index (χ4n) is 2.74. The van der Waals surface area contributed by atoms with E-state index in [9.17, 15) is 5.11 Å². The summed E-state index contributed by atoms with van der Waals surface area (Å²) in [4.78, 5) is 2.42. The minimum Gasteiger partial charge on any atom is -0.508 e. The van der Waals surface area contributed by atoms with Gasteiger partial charge in [0.1, 0.15) is 5.75 Å². The predicted octanol–water partition coefficient (Wildman–Crippen LogP) is 4.37. The molecule has 1 heterocycles. The van der Waals surface area contributed by atoms with Crippen LogP contribution in [0.4, 0.5) is 11.4 Å². The first-order valence-electron chi connectivity index (χ1n) is 7.29. The van der Waals surface area contributed by atoms with Crippen LogP contribution >= 0.6 is 15.9 Å². The van der Waals surface area contributed by atoms with Crippen molar-refractivity contribution in [1.82, 2.24) is 0 Å². The summed E-state index contributed by atoms with van der Waals surface area (Å²) >= 11 is 3.44. The van der Waals surface area contributed by atoms with Crippen LogP contribution in [0.3, 0.4) is 0 Å². The number of benzene rings is 2. The van der Waals surface area contributed by atoms with Gasteiger partial charge in [-0.2, -0.15) is 0 Å². The summed E-state index contributed by atoms with van der Waals surface area (Å²) in [6.07, 6.45) is 2.53. The van der Waals surface area contributed by atoms with Crippen LogP contribution in [0.2, 0.25) is 0 Å². The number of phenolic OH excluding ortho intramolecular Hbond substituents is 1. The minimum atomic E-state index is 0.323. The van der Waals surface area contributed by atoms with E-state index in [0.717, 1.165) is 28.8 Å². The minimum absolute atomic E-state index is 0.323. The van der Waals surface area contributed by atoms with E-state index in [4.69, 9.17) is 0 Å². The molecule has 0 bridgehead atoms. The number of halogens is 1. The van der Waals surface area contributed by atoms with E-state index in [1.165, 1.54) is 18.5 Å². The van der Waals surface area contributed by atoms with Crippen LogP contribution in [0.25, 0.3) is 0 Å². The lowest BCUT2D eigenvalue weighted by atomic mass is 10.2. The van der Waals surface area contributed by atoms with Gasteiger partial charge in [0.25, 0.3) is 0 Å². The lowest BCUT2D eigenvalue weighted by Gasteiger charge is -2.22. The highest BCUT2D eigenvalue weighted by Crippen LogP contribution is 2.30. The van der Waals surface area contributed by atoms with Gasteiger partial charge >= 0.3 is 0 Å². The predicted molar refractivity (Wildman–Crippen MR) is 91.0 cm³/mol. The average molecular weight is 347 g/mol. The molecule has 0 radical (unpaired) electrons. The molecule has 4 heteroatoms. The van der Waals surface area contributed by atoms with Crippen LogP contribution in [-0.2, 0) is 6.54 Å². The van der Waals surface area contributed by atoms with E-state index in [-0.39, 0.29) is 0 Å². The second kappa shape index (κ2) is 6.39. The first-order chi connectivity index (χ1) is 10.2. The maximum Gasteiger partial charge on any atom is 0.120 e. The molecule has 21 heavy (non-hydrogen) atoms. The normalized spacial score (nSPS) is 14.4. The molecular formula is C17H19BrN2O. The van der Waals surface area contributed by atoms with Gasteiger partial charge in [-0.25, -0.2) is 0 Å². The summed E-state index contributed by atoms with van der Waals surface area (Å²) in [7, 11) is 0. The Hall–Kier alpha value is -1.68. The van der Waals surface area contributed by atoms with Gasteiger partial charge in [-0.05, 0) is 43.2 Å². The molecule has 0 saturated carbocycles. The van der Waals surface area contributed by atoms with E-state index in [0.29, 0.717) is 12.3 Å². The highest BCUT2D eigenvalue weighted by atomic mass is 79.9. The van der Waals surface area contributed by atoms with Crippen molar-refractivity contribution < 1.29 is 5.11 Å². The maximum atomic E-state index is 9.92. The molecule has 2 aromatic rings. The Morgan fingerprint density at radius 3 is 2.67 bits per heavy atom. The number of para-hydroxylation sites is 2. The van der Waals surface area contributed by atoms with E-state index in [2.05, 4.69) is 44.3 Å². The van der Waals surface area contributed by atoms with Gasteiger partial charge in [0.05, 0.1) is 11.4 Å². The van der Waals surface area contributed by atoms with Crippen molar-refractivity contribution in [3.8, 4) is 5.75 Å². The van der Waals surface area contributed by atoms with Crippen LogP contribution in [0, 0.1) is 0 Å². The second-order valence-electron chi connectivity index (χ2n) is 5.34. The van der Waals surface area contributed by atoms with Gasteiger partial charge in [-0.3, -0.25) is 0 Å². The SMILES string of the molecule is Oc1ccc(Br)cc1CNc1ccccc1N1CCCC1. The maximum absolute atomic E-state index is 9.92. The quantitative estimate of drug-likeness (QED) is 0.862. The Morgan fingerprint density at radius 2 is 1.86 bits per heavy atom. The number of nitrogens with zero attached hydrogens (tertiary/aromatic N) is 1. The zero-order valence-corrected chi connectivity index (χ0v) is 13.4. The number of rotatable bonds is 4. The highest BCUT2D eigenvalue weighted by Gasteiger charge is 2.15. The molecule has 0 spiro atoms. The van der Waals surface area contributed by atoms with Gasteiger partial charge in [0.15, 0.2) is 0 Å². The lowest BCUT2D eigenvalue weighted by Crippen LogP contribution is -2.19. The monoisotopic (exact) mass is 346 g/mol. The number of aromatic hydroxyl groups is 1. The van der Waals surface area contributed by atoms with Crippen molar-refractivity contribution in [2.24, 2.45) is 0 Å². The zero-order valence-electron chi connectivity index (χ0n) is 11.8. The van der Waals surface area contributed by atoms with Crippen molar-refractivity contribution >= 4 is 27.3 Å². The average Bonchev–Trinajstić information content (AvgIpc) is 3.03. The van der Waals surface area contributed by atoms with Crippen LogP contribution in [0.15, 0.2) is 46.9 Å². The van der Waals surface area contributed by atoms with E-state index in [1.807, 2.05) is 18.2 Å². The molecule has 1 fully saturated rings. The molecule has 0 aliphatic carbocycles. The molecule has 1 aliphatic rings. The number of phenols is 1. The molecule has 1 saturated heterocycles. The zero-order chi connectivity index (χ0) is 14.7. The third kappa shape index (κ3) is 3.32. The molecule has 3 nitrogen and oxygen atoms in total. The third-order valence-electron chi connectivity index (χ3n) is 3.86. The fraction of sp³-hybridized carbons (Fsp3) is 0.294. The first-order valence-corrected chi connectivity index (χ1v) is 8.08. The van der Waals surface area contributed by atoms with Gasteiger partial charge in [0, 0.05) is 29.7 Å². The molecule has 3 rings (SSSR count). The Kier molecular flexibility index (Phi) is 4.34. The van der Waals surface area contributed by atoms with Crippen LogP contribution in [0.5, 0.6) is 5.75 Å². The Bertz CT molecular complexity index is 624. The summed E-state index contributed by atoms with van der Waals surface area (Å²) in [6.45, 7) is 2.86. The van der Waals surface area contributed by atoms with E-state index < -0.39 is 0 Å². The molecule has 0 amide bonds. The van der Waals surface area contributed by atoms with Crippen LogP contribution in [-0.4, -0.2) is 18.2 Å². The summed E-state index contributed by atoms with van der Waals surface area (Å²) in [5, 5.41) is 13.4.